The van der Waals surface area contributed by atoms with Gasteiger partial charge in [0.05, 0.1) is 19.5 Å². The molecule has 0 aliphatic rings. The number of aryl methyl sites for hydroxylation is 2. The van der Waals surface area contributed by atoms with Crippen molar-refractivity contribution < 1.29 is 4.74 Å². The summed E-state index contributed by atoms with van der Waals surface area (Å²) in [5, 5.41) is 3.29. The maximum absolute atomic E-state index is 4.99. The molecule has 0 aromatic carbocycles. The van der Waals surface area contributed by atoms with Crippen LogP contribution in [0.15, 0.2) is 31.1 Å². The maximum Gasteiger partial charge on any atom is 0.122 e. The van der Waals surface area contributed by atoms with Crippen molar-refractivity contribution in [1.29, 1.82) is 0 Å². The van der Waals surface area contributed by atoms with Crippen LogP contribution in [0.3, 0.4) is 0 Å². The second-order valence-corrected chi connectivity index (χ2v) is 4.01. The van der Waals surface area contributed by atoms with Crippen LogP contribution in [0.1, 0.15) is 5.82 Å². The van der Waals surface area contributed by atoms with E-state index in [1.807, 2.05) is 24.9 Å². The number of hydrogen-bond acceptors (Lipinski definition) is 4. The van der Waals surface area contributed by atoms with E-state index < -0.39 is 0 Å². The van der Waals surface area contributed by atoms with Gasteiger partial charge in [-0.3, -0.25) is 0 Å². The molecular formula is C12H19N5O. The summed E-state index contributed by atoms with van der Waals surface area (Å²) in [6.07, 6.45) is 9.42. The molecule has 98 valence electrons. The van der Waals surface area contributed by atoms with E-state index in [0.717, 1.165) is 38.6 Å². The fourth-order valence-corrected chi connectivity index (χ4v) is 1.73. The van der Waals surface area contributed by atoms with Crippen LogP contribution in [0.2, 0.25) is 0 Å². The van der Waals surface area contributed by atoms with E-state index in [4.69, 9.17) is 4.74 Å². The van der Waals surface area contributed by atoms with Crippen LogP contribution in [0.4, 0.5) is 0 Å². The van der Waals surface area contributed by atoms with Crippen molar-refractivity contribution in [2.75, 3.05) is 20.3 Å². The molecule has 18 heavy (non-hydrogen) atoms. The van der Waals surface area contributed by atoms with Gasteiger partial charge in [0.1, 0.15) is 5.82 Å². The lowest BCUT2D eigenvalue weighted by atomic mass is 10.5. The zero-order valence-electron chi connectivity index (χ0n) is 10.6. The highest BCUT2D eigenvalue weighted by atomic mass is 16.5. The SMILES string of the molecule is COCCNCc1nccn1CCn1ccnc1. The van der Waals surface area contributed by atoms with Crippen LogP contribution in [0, 0.1) is 0 Å². The molecule has 0 amide bonds. The molecule has 0 radical (unpaired) electrons. The normalized spacial score (nSPS) is 10.9. The smallest absolute Gasteiger partial charge is 0.122 e. The first kappa shape index (κ1) is 12.8. The number of nitrogens with one attached hydrogen (secondary N) is 1. The molecule has 6 nitrogen and oxygen atoms in total. The fraction of sp³-hybridized carbons (Fsp3) is 0.500. The highest BCUT2D eigenvalue weighted by molar-refractivity contribution is 4.92. The van der Waals surface area contributed by atoms with Crippen LogP contribution >= 0.6 is 0 Å². The Balaban J connectivity index is 1.79. The quantitative estimate of drug-likeness (QED) is 0.693. The van der Waals surface area contributed by atoms with Crippen molar-refractivity contribution in [2.45, 2.75) is 19.6 Å². The van der Waals surface area contributed by atoms with Crippen molar-refractivity contribution in [3.8, 4) is 0 Å². The van der Waals surface area contributed by atoms with Crippen LogP contribution in [0.25, 0.3) is 0 Å². The monoisotopic (exact) mass is 249 g/mol. The Labute approximate surface area is 107 Å². The molecule has 0 bridgehead atoms. The molecule has 0 aliphatic carbocycles. The van der Waals surface area contributed by atoms with Gasteiger partial charge >= 0.3 is 0 Å². The lowest BCUT2D eigenvalue weighted by molar-refractivity contribution is 0.198. The molecule has 0 saturated carbocycles. The predicted molar refractivity (Wildman–Crippen MR) is 68.0 cm³/mol. The molecule has 0 saturated heterocycles. The first-order chi connectivity index (χ1) is 8.90. The molecule has 0 unspecified atom stereocenters. The summed E-state index contributed by atoms with van der Waals surface area (Å²) in [6.45, 7) is 4.12. The average molecular weight is 249 g/mol. The fourth-order valence-electron chi connectivity index (χ4n) is 1.73. The van der Waals surface area contributed by atoms with Crippen molar-refractivity contribution >= 4 is 0 Å². The van der Waals surface area contributed by atoms with Gasteiger partial charge in [-0.2, -0.15) is 0 Å². The van der Waals surface area contributed by atoms with Crippen LogP contribution in [0.5, 0.6) is 0 Å². The largest absolute Gasteiger partial charge is 0.383 e. The number of imidazole rings is 2. The molecule has 6 heteroatoms. The highest BCUT2D eigenvalue weighted by Crippen LogP contribution is 1.99. The lowest BCUT2D eigenvalue weighted by Gasteiger charge is -2.09. The van der Waals surface area contributed by atoms with E-state index >= 15 is 0 Å². The third-order valence-electron chi connectivity index (χ3n) is 2.73. The summed E-state index contributed by atoms with van der Waals surface area (Å²) in [5.41, 5.74) is 0. The second-order valence-electron chi connectivity index (χ2n) is 4.01. The molecular weight excluding hydrogens is 230 g/mol. The van der Waals surface area contributed by atoms with Crippen LogP contribution in [-0.2, 0) is 24.4 Å². The molecule has 1 N–H and O–H groups in total. The van der Waals surface area contributed by atoms with Gasteiger partial charge in [0.25, 0.3) is 0 Å². The second kappa shape index (κ2) is 6.93. The Morgan fingerprint density at radius 3 is 3.00 bits per heavy atom. The van der Waals surface area contributed by atoms with Crippen molar-refractivity contribution in [2.24, 2.45) is 0 Å². The summed E-state index contributed by atoms with van der Waals surface area (Å²) in [7, 11) is 1.70. The van der Waals surface area contributed by atoms with Gasteiger partial charge < -0.3 is 19.2 Å². The van der Waals surface area contributed by atoms with E-state index in [2.05, 4.69) is 24.4 Å². The third-order valence-corrected chi connectivity index (χ3v) is 2.73. The zero-order chi connectivity index (χ0) is 12.6. The van der Waals surface area contributed by atoms with Gasteiger partial charge in [-0.1, -0.05) is 0 Å². The Morgan fingerprint density at radius 1 is 1.28 bits per heavy atom. The minimum atomic E-state index is 0.718. The zero-order valence-corrected chi connectivity index (χ0v) is 10.6. The van der Waals surface area contributed by atoms with Gasteiger partial charge in [-0.25, -0.2) is 9.97 Å². The molecule has 0 atom stereocenters. The number of nitrogens with zero attached hydrogens (tertiary/aromatic N) is 4. The van der Waals surface area contributed by atoms with Gasteiger partial charge in [0.15, 0.2) is 0 Å². The Morgan fingerprint density at radius 2 is 2.22 bits per heavy atom. The first-order valence-corrected chi connectivity index (χ1v) is 6.05. The van der Waals surface area contributed by atoms with E-state index in [-0.39, 0.29) is 0 Å². The summed E-state index contributed by atoms with van der Waals surface area (Å²) < 4.78 is 9.20. The first-order valence-electron chi connectivity index (χ1n) is 6.05. The van der Waals surface area contributed by atoms with Crippen LogP contribution in [-0.4, -0.2) is 39.4 Å². The van der Waals surface area contributed by atoms with Crippen molar-refractivity contribution in [3.05, 3.63) is 36.9 Å². The van der Waals surface area contributed by atoms with E-state index in [1.165, 1.54) is 0 Å². The van der Waals surface area contributed by atoms with E-state index in [9.17, 15) is 0 Å². The molecule has 2 heterocycles. The van der Waals surface area contributed by atoms with E-state index in [0.29, 0.717) is 0 Å². The Bertz CT molecular complexity index is 437. The maximum atomic E-state index is 4.99. The van der Waals surface area contributed by atoms with E-state index in [1.54, 1.807) is 13.3 Å². The number of hydrogen-bond donors (Lipinski definition) is 1. The van der Waals surface area contributed by atoms with Crippen molar-refractivity contribution in [1.82, 2.24) is 24.4 Å². The number of methoxy groups -OCH3 is 1. The van der Waals surface area contributed by atoms with Gasteiger partial charge in [-0.15, -0.1) is 0 Å². The minimum Gasteiger partial charge on any atom is -0.383 e. The summed E-state index contributed by atoms with van der Waals surface area (Å²) in [6, 6.07) is 0. The van der Waals surface area contributed by atoms with Crippen molar-refractivity contribution in [3.63, 3.8) is 0 Å². The molecule has 2 aromatic rings. The van der Waals surface area contributed by atoms with Crippen LogP contribution < -0.4 is 5.32 Å². The molecule has 2 rings (SSSR count). The number of aromatic nitrogens is 4. The molecule has 0 spiro atoms. The Hall–Kier alpha value is -1.66. The molecule has 2 aromatic heterocycles. The minimum absolute atomic E-state index is 0.718. The lowest BCUT2D eigenvalue weighted by Crippen LogP contribution is -2.21. The third kappa shape index (κ3) is 3.68. The average Bonchev–Trinajstić information content (AvgIpc) is 3.03. The summed E-state index contributed by atoms with van der Waals surface area (Å²) >= 11 is 0. The van der Waals surface area contributed by atoms with Gasteiger partial charge in [-0.05, 0) is 0 Å². The summed E-state index contributed by atoms with van der Waals surface area (Å²) in [4.78, 5) is 8.37. The topological polar surface area (TPSA) is 56.9 Å². The Kier molecular flexibility index (Phi) is 4.92. The number of ether oxygens (including phenoxy) is 1. The summed E-state index contributed by atoms with van der Waals surface area (Å²) in [5.74, 6) is 1.05. The molecule has 0 aliphatic heterocycles. The molecule has 0 fully saturated rings. The standard InChI is InChI=1S/C12H19N5O/c1-18-9-4-13-10-12-15-3-6-17(12)8-7-16-5-2-14-11-16/h2-3,5-6,11,13H,4,7-10H2,1H3. The van der Waals surface area contributed by atoms with Gasteiger partial charge in [0, 0.05) is 51.5 Å². The highest BCUT2D eigenvalue weighted by Gasteiger charge is 2.02. The number of rotatable bonds is 8. The predicted octanol–water partition coefficient (Wildman–Crippen LogP) is 0.516. The van der Waals surface area contributed by atoms with Gasteiger partial charge in [0.2, 0.25) is 0 Å².